The Hall–Kier alpha value is 0.617. The SMILES string of the molecule is CCCCCCCCOC(CCCCCCCCCBr)O[Si+]CCCCCC. The van der Waals surface area contributed by atoms with Gasteiger partial charge in [0.2, 0.25) is 0 Å². The van der Waals surface area contributed by atoms with Crippen LogP contribution in [-0.2, 0) is 9.16 Å². The fourth-order valence-electron chi connectivity index (χ4n) is 3.34. The second-order valence-corrected chi connectivity index (χ2v) is 9.91. The van der Waals surface area contributed by atoms with E-state index in [1.54, 1.807) is 0 Å². The smallest absolute Gasteiger partial charge is 0.349 e. The Morgan fingerprint density at radius 2 is 1.18 bits per heavy atom. The van der Waals surface area contributed by atoms with Crippen LogP contribution < -0.4 is 0 Å². The summed E-state index contributed by atoms with van der Waals surface area (Å²) >= 11 is 3.51. The normalized spacial score (nSPS) is 12.4. The molecule has 0 aromatic rings. The van der Waals surface area contributed by atoms with Gasteiger partial charge in [0.25, 0.3) is 0 Å². The second kappa shape index (κ2) is 25.7. The van der Waals surface area contributed by atoms with Gasteiger partial charge in [0, 0.05) is 18.4 Å². The van der Waals surface area contributed by atoms with E-state index in [-0.39, 0.29) is 6.29 Å². The number of unbranched alkanes of at least 4 members (excludes halogenated alkanes) is 14. The van der Waals surface area contributed by atoms with Gasteiger partial charge >= 0.3 is 9.76 Å². The second-order valence-electron chi connectivity index (χ2n) is 8.09. The summed E-state index contributed by atoms with van der Waals surface area (Å²) < 4.78 is 12.2. The number of alkyl halides is 1. The Morgan fingerprint density at radius 3 is 1.82 bits per heavy atom. The van der Waals surface area contributed by atoms with Crippen LogP contribution in [0.5, 0.6) is 0 Å². The molecule has 0 saturated carbocycles. The maximum absolute atomic E-state index is 6.13. The van der Waals surface area contributed by atoms with Gasteiger partial charge in [-0.05, 0) is 25.7 Å². The lowest BCUT2D eigenvalue weighted by molar-refractivity contribution is -0.0862. The molecule has 0 bridgehead atoms. The topological polar surface area (TPSA) is 18.5 Å². The number of halogens is 1. The van der Waals surface area contributed by atoms with E-state index in [4.69, 9.17) is 9.16 Å². The fourth-order valence-corrected chi connectivity index (χ4v) is 4.62. The third-order valence-corrected chi connectivity index (χ3v) is 6.77. The van der Waals surface area contributed by atoms with Crippen molar-refractivity contribution in [1.82, 2.24) is 0 Å². The summed E-state index contributed by atoms with van der Waals surface area (Å²) in [7, 11) is 0.618. The predicted octanol–water partition coefficient (Wildman–Crippen LogP) is 8.84. The van der Waals surface area contributed by atoms with Gasteiger partial charge in [0.1, 0.15) is 6.04 Å². The molecule has 0 heterocycles. The van der Waals surface area contributed by atoms with Crippen LogP contribution in [0.25, 0.3) is 0 Å². The van der Waals surface area contributed by atoms with E-state index < -0.39 is 0 Å². The van der Waals surface area contributed by atoms with Gasteiger partial charge in [0.15, 0.2) is 6.29 Å². The molecule has 1 radical (unpaired) electrons. The highest BCUT2D eigenvalue weighted by Gasteiger charge is 2.21. The molecule has 28 heavy (non-hydrogen) atoms. The molecular weight excluding hydrogens is 428 g/mol. The Morgan fingerprint density at radius 1 is 0.643 bits per heavy atom. The lowest BCUT2D eigenvalue weighted by Gasteiger charge is -2.13. The minimum Gasteiger partial charge on any atom is -0.349 e. The zero-order chi connectivity index (χ0) is 20.5. The summed E-state index contributed by atoms with van der Waals surface area (Å²) in [6.07, 6.45) is 23.8. The standard InChI is InChI=1S/C24H49BrO2Si/c1-3-5-7-9-15-18-22-26-24(27-28-23-19-8-6-4-2)20-16-13-11-10-12-14-17-21-25/h24H,3-23H2,1-2H3/q+1. The summed E-state index contributed by atoms with van der Waals surface area (Å²) in [5.41, 5.74) is 0. The molecule has 1 atom stereocenters. The lowest BCUT2D eigenvalue weighted by atomic mass is 10.1. The first kappa shape index (κ1) is 28.6. The van der Waals surface area contributed by atoms with Gasteiger partial charge < -0.3 is 4.74 Å². The molecule has 0 aliphatic rings. The maximum atomic E-state index is 6.13. The molecule has 4 heteroatoms. The van der Waals surface area contributed by atoms with Crippen LogP contribution in [-0.4, -0.2) is 28.0 Å². The highest BCUT2D eigenvalue weighted by atomic mass is 79.9. The van der Waals surface area contributed by atoms with Crippen LogP contribution in [0.2, 0.25) is 6.04 Å². The zero-order valence-electron chi connectivity index (χ0n) is 19.1. The number of ether oxygens (including phenoxy) is 1. The van der Waals surface area contributed by atoms with Crippen molar-refractivity contribution < 1.29 is 9.16 Å². The van der Waals surface area contributed by atoms with Crippen molar-refractivity contribution in [1.29, 1.82) is 0 Å². The molecule has 0 aliphatic carbocycles. The van der Waals surface area contributed by atoms with Crippen LogP contribution in [0, 0.1) is 0 Å². The van der Waals surface area contributed by atoms with Gasteiger partial charge in [-0.1, -0.05) is 113 Å². The molecule has 0 amide bonds. The molecular formula is C24H49BrO2Si+. The van der Waals surface area contributed by atoms with Crippen LogP contribution in [0.15, 0.2) is 0 Å². The third kappa shape index (κ3) is 22.9. The van der Waals surface area contributed by atoms with Gasteiger partial charge in [-0.2, -0.15) is 4.43 Å². The highest BCUT2D eigenvalue weighted by molar-refractivity contribution is 9.09. The van der Waals surface area contributed by atoms with E-state index in [0.29, 0.717) is 9.76 Å². The fraction of sp³-hybridized carbons (Fsp3) is 1.00. The average molecular weight is 478 g/mol. The minimum absolute atomic E-state index is 0.0496. The van der Waals surface area contributed by atoms with Crippen LogP contribution in [0.4, 0.5) is 0 Å². The van der Waals surface area contributed by atoms with Crippen molar-refractivity contribution in [3.8, 4) is 0 Å². The average Bonchev–Trinajstić information content (AvgIpc) is 2.71. The quantitative estimate of drug-likeness (QED) is 0.0598. The Bertz CT molecular complexity index is 279. The highest BCUT2D eigenvalue weighted by Crippen LogP contribution is 2.14. The van der Waals surface area contributed by atoms with Crippen molar-refractivity contribution in [2.45, 2.75) is 142 Å². The summed E-state index contributed by atoms with van der Waals surface area (Å²) in [5.74, 6) is 0. The molecule has 167 valence electrons. The lowest BCUT2D eigenvalue weighted by Crippen LogP contribution is -2.20. The molecule has 0 rings (SSSR count). The summed E-state index contributed by atoms with van der Waals surface area (Å²) in [4.78, 5) is 0. The first-order chi connectivity index (χ1) is 13.8. The molecule has 0 saturated heterocycles. The summed E-state index contributed by atoms with van der Waals surface area (Å²) in [6.45, 7) is 5.42. The van der Waals surface area contributed by atoms with Crippen LogP contribution in [0.1, 0.15) is 129 Å². The maximum Gasteiger partial charge on any atom is 0.674 e. The van der Waals surface area contributed by atoms with Crippen molar-refractivity contribution in [3.05, 3.63) is 0 Å². The van der Waals surface area contributed by atoms with Gasteiger partial charge in [-0.3, -0.25) is 0 Å². The monoisotopic (exact) mass is 476 g/mol. The third-order valence-electron chi connectivity index (χ3n) is 5.22. The van der Waals surface area contributed by atoms with Gasteiger partial charge in [-0.15, -0.1) is 0 Å². The molecule has 0 N–H and O–H groups in total. The van der Waals surface area contributed by atoms with Crippen LogP contribution >= 0.6 is 15.9 Å². The molecule has 0 aromatic carbocycles. The molecule has 0 spiro atoms. The largest absolute Gasteiger partial charge is 0.674 e. The first-order valence-electron chi connectivity index (χ1n) is 12.4. The first-order valence-corrected chi connectivity index (χ1v) is 14.6. The Kier molecular flexibility index (Phi) is 26.2. The Balaban J connectivity index is 3.78. The van der Waals surface area contributed by atoms with Gasteiger partial charge in [-0.25, -0.2) is 0 Å². The zero-order valence-corrected chi connectivity index (χ0v) is 21.7. The van der Waals surface area contributed by atoms with E-state index in [1.807, 2.05) is 0 Å². The van der Waals surface area contributed by atoms with Gasteiger partial charge in [0.05, 0.1) is 0 Å². The summed E-state index contributed by atoms with van der Waals surface area (Å²) in [5, 5.41) is 1.15. The number of rotatable bonds is 24. The number of hydrogen-bond donors (Lipinski definition) is 0. The molecule has 0 fully saturated rings. The van der Waals surface area contributed by atoms with E-state index in [9.17, 15) is 0 Å². The van der Waals surface area contributed by atoms with E-state index in [0.717, 1.165) is 18.4 Å². The van der Waals surface area contributed by atoms with Crippen LogP contribution in [0.3, 0.4) is 0 Å². The van der Waals surface area contributed by atoms with Crippen molar-refractivity contribution in [2.24, 2.45) is 0 Å². The number of hydrogen-bond acceptors (Lipinski definition) is 2. The van der Waals surface area contributed by atoms with E-state index >= 15 is 0 Å². The molecule has 2 nitrogen and oxygen atoms in total. The summed E-state index contributed by atoms with van der Waals surface area (Å²) in [6, 6.07) is 1.21. The van der Waals surface area contributed by atoms with Crippen molar-refractivity contribution in [3.63, 3.8) is 0 Å². The molecule has 1 unspecified atom stereocenters. The van der Waals surface area contributed by atoms with Crippen molar-refractivity contribution >= 4 is 25.7 Å². The minimum atomic E-state index is 0.0496. The van der Waals surface area contributed by atoms with Crippen molar-refractivity contribution in [2.75, 3.05) is 11.9 Å². The van der Waals surface area contributed by atoms with E-state index in [2.05, 4.69) is 29.8 Å². The predicted molar refractivity (Wildman–Crippen MR) is 130 cm³/mol. The molecule has 0 aliphatic heterocycles. The molecule has 0 aromatic heterocycles. The Labute approximate surface area is 188 Å². The van der Waals surface area contributed by atoms with E-state index in [1.165, 1.54) is 115 Å².